The number of methoxy groups -OCH3 is 1. The van der Waals surface area contributed by atoms with E-state index in [1.165, 1.54) is 13.2 Å². The topological polar surface area (TPSA) is 90.4 Å². The van der Waals surface area contributed by atoms with Gasteiger partial charge in [0.1, 0.15) is 6.61 Å². The predicted molar refractivity (Wildman–Crippen MR) is 40.4 cm³/mol. The van der Waals surface area contributed by atoms with Crippen LogP contribution in [0.5, 0.6) is 0 Å². The molecule has 0 spiro atoms. The number of hydrogen-bond acceptors (Lipinski definition) is 4. The Bertz CT molecular complexity index is 271. The molecule has 1 aromatic heterocycles. The van der Waals surface area contributed by atoms with Gasteiger partial charge < -0.3 is 15.0 Å². The molecule has 6 nitrogen and oxygen atoms in total. The maximum Gasteiger partial charge on any atom is 0.317 e. The van der Waals surface area contributed by atoms with Gasteiger partial charge in [-0.05, 0) is 0 Å². The van der Waals surface area contributed by atoms with Crippen LogP contribution in [0.4, 0.5) is 10.6 Å². The molecule has 0 aliphatic rings. The summed E-state index contributed by atoms with van der Waals surface area (Å²) in [6, 6.07) is 0.862. The fraction of sp³-hybridized carbons (Fsp3) is 0.333. The van der Waals surface area contributed by atoms with Crippen LogP contribution in [-0.2, 0) is 11.3 Å². The average molecular weight is 171 g/mol. The molecule has 0 saturated carbocycles. The third-order valence-electron chi connectivity index (χ3n) is 1.10. The minimum absolute atomic E-state index is 0.287. The molecule has 3 N–H and O–H groups in total. The summed E-state index contributed by atoms with van der Waals surface area (Å²) in [5, 5.41) is 5.77. The van der Waals surface area contributed by atoms with Gasteiger partial charge in [0.2, 0.25) is 0 Å². The molecule has 0 radical (unpaired) electrons. The van der Waals surface area contributed by atoms with Crippen LogP contribution in [0.1, 0.15) is 5.76 Å². The molecular formula is C6H9N3O3. The van der Waals surface area contributed by atoms with E-state index in [0.29, 0.717) is 12.4 Å². The van der Waals surface area contributed by atoms with E-state index in [2.05, 4.69) is 10.5 Å². The quantitative estimate of drug-likeness (QED) is 0.684. The van der Waals surface area contributed by atoms with Crippen molar-refractivity contribution in [3.05, 3.63) is 11.8 Å². The van der Waals surface area contributed by atoms with Gasteiger partial charge in [-0.3, -0.25) is 5.32 Å². The fourth-order valence-corrected chi connectivity index (χ4v) is 0.708. The van der Waals surface area contributed by atoms with Gasteiger partial charge in [-0.1, -0.05) is 5.16 Å². The number of carbonyl (C=O) groups is 1. The minimum atomic E-state index is -0.674. The van der Waals surface area contributed by atoms with Crippen LogP contribution >= 0.6 is 0 Å². The van der Waals surface area contributed by atoms with Crippen LogP contribution in [-0.4, -0.2) is 18.3 Å². The van der Waals surface area contributed by atoms with Crippen LogP contribution in [0.25, 0.3) is 0 Å². The smallest absolute Gasteiger partial charge is 0.317 e. The van der Waals surface area contributed by atoms with Gasteiger partial charge in [0.25, 0.3) is 0 Å². The maximum absolute atomic E-state index is 10.3. The Morgan fingerprint density at radius 2 is 2.67 bits per heavy atom. The first-order valence-electron chi connectivity index (χ1n) is 3.23. The third-order valence-corrected chi connectivity index (χ3v) is 1.10. The summed E-state index contributed by atoms with van der Waals surface area (Å²) in [6.45, 7) is 0.313. The van der Waals surface area contributed by atoms with Crippen LogP contribution in [0, 0.1) is 0 Å². The predicted octanol–water partition coefficient (Wildman–Crippen LogP) is 0.312. The van der Waals surface area contributed by atoms with E-state index in [4.69, 9.17) is 15.0 Å². The molecule has 0 saturated heterocycles. The van der Waals surface area contributed by atoms with Gasteiger partial charge in [-0.25, -0.2) is 4.79 Å². The molecule has 6 heteroatoms. The van der Waals surface area contributed by atoms with E-state index in [1.54, 1.807) is 0 Å². The van der Waals surface area contributed by atoms with Crippen molar-refractivity contribution in [3.8, 4) is 0 Å². The second-order valence-corrected chi connectivity index (χ2v) is 2.10. The van der Waals surface area contributed by atoms with Gasteiger partial charge >= 0.3 is 6.03 Å². The Labute approximate surface area is 68.7 Å². The molecule has 2 amide bonds. The molecule has 0 atom stereocenters. The molecule has 1 aromatic rings. The maximum atomic E-state index is 10.3. The molecule has 0 aliphatic heterocycles. The number of anilines is 1. The number of ether oxygens (including phenoxy) is 1. The lowest BCUT2D eigenvalue weighted by molar-refractivity contribution is 0.156. The summed E-state index contributed by atoms with van der Waals surface area (Å²) in [5.41, 5.74) is 4.84. The standard InChI is InChI=1S/C6H9N3O3/c1-11-3-4-2-5(9-12-4)8-6(7)10/h2H,3H2,1H3,(H3,7,8,9,10). The molecule has 0 aromatic carbocycles. The number of rotatable bonds is 3. The van der Waals surface area contributed by atoms with Crippen molar-refractivity contribution in [1.29, 1.82) is 0 Å². The zero-order chi connectivity index (χ0) is 8.97. The Hall–Kier alpha value is -1.56. The molecular weight excluding hydrogens is 162 g/mol. The Morgan fingerprint density at radius 1 is 1.92 bits per heavy atom. The van der Waals surface area contributed by atoms with E-state index in [-0.39, 0.29) is 5.82 Å². The number of amides is 2. The van der Waals surface area contributed by atoms with E-state index in [0.717, 1.165) is 0 Å². The van der Waals surface area contributed by atoms with Gasteiger partial charge in [0, 0.05) is 13.2 Å². The normalized spacial score (nSPS) is 9.75. The zero-order valence-electron chi connectivity index (χ0n) is 6.53. The second kappa shape index (κ2) is 3.72. The van der Waals surface area contributed by atoms with E-state index in [9.17, 15) is 4.79 Å². The van der Waals surface area contributed by atoms with Crippen molar-refractivity contribution in [2.45, 2.75) is 6.61 Å². The first-order valence-corrected chi connectivity index (χ1v) is 3.23. The van der Waals surface area contributed by atoms with Crippen molar-refractivity contribution in [1.82, 2.24) is 5.16 Å². The van der Waals surface area contributed by atoms with Gasteiger partial charge in [-0.2, -0.15) is 0 Å². The molecule has 0 unspecified atom stereocenters. The van der Waals surface area contributed by atoms with Gasteiger partial charge in [0.15, 0.2) is 11.6 Å². The summed E-state index contributed by atoms with van der Waals surface area (Å²) in [7, 11) is 1.53. The SMILES string of the molecule is COCc1cc(NC(N)=O)no1. The molecule has 12 heavy (non-hydrogen) atoms. The molecule has 0 bridgehead atoms. The van der Waals surface area contributed by atoms with Crippen molar-refractivity contribution in [3.63, 3.8) is 0 Å². The summed E-state index contributed by atoms with van der Waals surface area (Å²) >= 11 is 0. The Kier molecular flexibility index (Phi) is 2.65. The first kappa shape index (κ1) is 8.54. The van der Waals surface area contributed by atoms with Gasteiger partial charge in [0.05, 0.1) is 0 Å². The summed E-state index contributed by atoms with van der Waals surface area (Å²) < 4.78 is 9.53. The van der Waals surface area contributed by atoms with Crippen molar-refractivity contribution >= 4 is 11.8 Å². The first-order chi connectivity index (χ1) is 5.72. The lowest BCUT2D eigenvalue weighted by Crippen LogP contribution is -2.19. The van der Waals surface area contributed by atoms with E-state index < -0.39 is 6.03 Å². The third kappa shape index (κ3) is 2.24. The molecule has 66 valence electrons. The van der Waals surface area contributed by atoms with Crippen LogP contribution < -0.4 is 11.1 Å². The second-order valence-electron chi connectivity index (χ2n) is 2.10. The molecule has 0 fully saturated rings. The number of urea groups is 1. The summed E-state index contributed by atoms with van der Waals surface area (Å²) in [6.07, 6.45) is 0. The fourth-order valence-electron chi connectivity index (χ4n) is 0.708. The number of carbonyl (C=O) groups excluding carboxylic acids is 1. The highest BCUT2D eigenvalue weighted by Crippen LogP contribution is 2.08. The van der Waals surface area contributed by atoms with Gasteiger partial charge in [-0.15, -0.1) is 0 Å². The molecule has 1 heterocycles. The van der Waals surface area contributed by atoms with Crippen LogP contribution in [0.15, 0.2) is 10.6 Å². The Morgan fingerprint density at radius 3 is 3.25 bits per heavy atom. The minimum Gasteiger partial charge on any atom is -0.377 e. The largest absolute Gasteiger partial charge is 0.377 e. The number of aromatic nitrogens is 1. The van der Waals surface area contributed by atoms with Crippen LogP contribution in [0.3, 0.4) is 0 Å². The van der Waals surface area contributed by atoms with Crippen molar-refractivity contribution < 1.29 is 14.1 Å². The number of nitrogens with zero attached hydrogens (tertiary/aromatic N) is 1. The number of primary amides is 1. The van der Waals surface area contributed by atoms with E-state index in [1.807, 2.05) is 0 Å². The molecule has 0 aliphatic carbocycles. The average Bonchev–Trinajstić information content (AvgIpc) is 2.36. The summed E-state index contributed by atoms with van der Waals surface area (Å²) in [5.74, 6) is 0.816. The summed E-state index contributed by atoms with van der Waals surface area (Å²) in [4.78, 5) is 10.3. The lowest BCUT2D eigenvalue weighted by Gasteiger charge is -1.90. The highest BCUT2D eigenvalue weighted by Gasteiger charge is 2.04. The van der Waals surface area contributed by atoms with Crippen molar-refractivity contribution in [2.24, 2.45) is 5.73 Å². The number of hydrogen-bond donors (Lipinski definition) is 2. The number of nitrogens with one attached hydrogen (secondary N) is 1. The Balaban J connectivity index is 2.58. The monoisotopic (exact) mass is 171 g/mol. The number of nitrogens with two attached hydrogens (primary N) is 1. The van der Waals surface area contributed by atoms with E-state index >= 15 is 0 Å². The zero-order valence-corrected chi connectivity index (χ0v) is 6.53. The van der Waals surface area contributed by atoms with Crippen LogP contribution in [0.2, 0.25) is 0 Å². The highest BCUT2D eigenvalue weighted by atomic mass is 16.5. The highest BCUT2D eigenvalue weighted by molar-refractivity contribution is 5.86. The molecule has 1 rings (SSSR count). The lowest BCUT2D eigenvalue weighted by atomic mass is 10.4. The van der Waals surface area contributed by atoms with Crippen molar-refractivity contribution in [2.75, 3.05) is 12.4 Å².